The zero-order chi connectivity index (χ0) is 14.1. The van der Waals surface area contributed by atoms with E-state index in [1.54, 1.807) is 10.9 Å². The Kier molecular flexibility index (Phi) is 2.98. The molecule has 2 heterocycles. The van der Waals surface area contributed by atoms with Crippen molar-refractivity contribution in [3.05, 3.63) is 36.5 Å². The van der Waals surface area contributed by atoms with E-state index in [0.717, 1.165) is 11.1 Å². The number of carboxylic acid groups (broad SMARTS) is 1. The number of carbonyl (C=O) groups excluding carboxylic acids is 1. The third kappa shape index (κ3) is 2.16. The highest BCUT2D eigenvalue weighted by molar-refractivity contribution is 5.98. The molecule has 20 heavy (non-hydrogen) atoms. The Hall–Kier alpha value is -2.63. The van der Waals surface area contributed by atoms with Crippen LogP contribution in [-0.2, 0) is 16.1 Å². The fourth-order valence-corrected chi connectivity index (χ4v) is 2.36. The van der Waals surface area contributed by atoms with Gasteiger partial charge < -0.3 is 10.4 Å². The number of hydrogen-bond donors (Lipinski definition) is 2. The Balaban J connectivity index is 1.93. The van der Waals surface area contributed by atoms with Crippen LogP contribution in [0, 0.1) is 5.92 Å². The molecule has 1 atom stereocenters. The van der Waals surface area contributed by atoms with Crippen LogP contribution in [0.1, 0.15) is 6.42 Å². The van der Waals surface area contributed by atoms with Gasteiger partial charge in [-0.05, 0) is 5.56 Å². The zero-order valence-electron chi connectivity index (χ0n) is 10.6. The molecule has 6 heteroatoms. The summed E-state index contributed by atoms with van der Waals surface area (Å²) in [7, 11) is 0. The highest BCUT2D eigenvalue weighted by atomic mass is 16.4. The minimum atomic E-state index is -0.982. The van der Waals surface area contributed by atoms with Crippen LogP contribution < -0.4 is 5.32 Å². The Morgan fingerprint density at radius 3 is 2.85 bits per heavy atom. The maximum absolute atomic E-state index is 12.0. The van der Waals surface area contributed by atoms with Crippen molar-refractivity contribution in [1.82, 2.24) is 9.78 Å². The fraction of sp³-hybridized carbons (Fsp3) is 0.214. The minimum Gasteiger partial charge on any atom is -0.481 e. The Morgan fingerprint density at radius 1 is 1.40 bits per heavy atom. The van der Waals surface area contributed by atoms with Crippen LogP contribution in [0.4, 0.5) is 5.82 Å². The Bertz CT molecular complexity index is 664. The molecule has 0 spiro atoms. The number of nitrogens with zero attached hydrogens (tertiary/aromatic N) is 2. The van der Waals surface area contributed by atoms with Crippen molar-refractivity contribution in [3.8, 4) is 11.1 Å². The van der Waals surface area contributed by atoms with Gasteiger partial charge in [0.1, 0.15) is 5.82 Å². The normalized spacial score (nSPS) is 17.4. The number of hydrogen-bond acceptors (Lipinski definition) is 3. The summed E-state index contributed by atoms with van der Waals surface area (Å²) in [5.41, 5.74) is 1.80. The quantitative estimate of drug-likeness (QED) is 0.888. The van der Waals surface area contributed by atoms with E-state index < -0.39 is 11.9 Å². The van der Waals surface area contributed by atoms with E-state index in [-0.39, 0.29) is 12.3 Å². The summed E-state index contributed by atoms with van der Waals surface area (Å²) in [6.07, 6.45) is 1.50. The predicted molar refractivity (Wildman–Crippen MR) is 72.0 cm³/mol. The number of carbonyl (C=O) groups is 2. The van der Waals surface area contributed by atoms with Crippen molar-refractivity contribution in [3.63, 3.8) is 0 Å². The lowest BCUT2D eigenvalue weighted by molar-refractivity contribution is -0.140. The average Bonchev–Trinajstić information content (AvgIpc) is 2.82. The van der Waals surface area contributed by atoms with Gasteiger partial charge in [-0.25, -0.2) is 4.68 Å². The van der Waals surface area contributed by atoms with Gasteiger partial charge in [0.15, 0.2) is 0 Å². The summed E-state index contributed by atoms with van der Waals surface area (Å²) < 4.78 is 1.65. The maximum atomic E-state index is 12.0. The van der Waals surface area contributed by atoms with E-state index in [4.69, 9.17) is 5.11 Å². The van der Waals surface area contributed by atoms with Gasteiger partial charge in [-0.2, -0.15) is 5.10 Å². The number of aliphatic carboxylic acids is 1. The lowest BCUT2D eigenvalue weighted by Gasteiger charge is -2.23. The van der Waals surface area contributed by atoms with Gasteiger partial charge in [0.25, 0.3) is 0 Å². The number of aromatic nitrogens is 2. The molecular weight excluding hydrogens is 258 g/mol. The molecule has 102 valence electrons. The number of amides is 1. The van der Waals surface area contributed by atoms with Crippen molar-refractivity contribution in [2.24, 2.45) is 5.92 Å². The summed E-state index contributed by atoms with van der Waals surface area (Å²) in [5, 5.41) is 15.8. The molecule has 1 aromatic heterocycles. The second kappa shape index (κ2) is 4.80. The molecule has 1 unspecified atom stereocenters. The lowest BCUT2D eigenvalue weighted by Crippen LogP contribution is -2.35. The van der Waals surface area contributed by atoms with E-state index in [0.29, 0.717) is 12.4 Å². The van der Waals surface area contributed by atoms with Gasteiger partial charge >= 0.3 is 5.97 Å². The smallest absolute Gasteiger partial charge is 0.304 e. The maximum Gasteiger partial charge on any atom is 0.304 e. The van der Waals surface area contributed by atoms with Gasteiger partial charge in [0.2, 0.25) is 5.91 Å². The second-order valence-electron chi connectivity index (χ2n) is 4.74. The summed E-state index contributed by atoms with van der Waals surface area (Å²) in [4.78, 5) is 22.7. The van der Waals surface area contributed by atoms with Crippen LogP contribution in [0.5, 0.6) is 0 Å². The molecule has 0 saturated heterocycles. The van der Waals surface area contributed by atoms with Crippen LogP contribution >= 0.6 is 0 Å². The van der Waals surface area contributed by atoms with Crippen LogP contribution in [0.2, 0.25) is 0 Å². The monoisotopic (exact) mass is 271 g/mol. The largest absolute Gasteiger partial charge is 0.481 e. The van der Waals surface area contributed by atoms with E-state index in [9.17, 15) is 9.59 Å². The van der Waals surface area contributed by atoms with Gasteiger partial charge in [0, 0.05) is 5.56 Å². The number of nitrogens with one attached hydrogen (secondary N) is 1. The van der Waals surface area contributed by atoms with Gasteiger partial charge in [-0.3, -0.25) is 9.59 Å². The third-order valence-electron chi connectivity index (χ3n) is 3.35. The van der Waals surface area contributed by atoms with Crippen molar-refractivity contribution < 1.29 is 14.7 Å². The van der Waals surface area contributed by atoms with Crippen molar-refractivity contribution in [2.45, 2.75) is 13.0 Å². The molecule has 0 saturated carbocycles. The second-order valence-corrected chi connectivity index (χ2v) is 4.74. The summed E-state index contributed by atoms with van der Waals surface area (Å²) in [6.45, 7) is 0.292. The highest BCUT2D eigenvalue weighted by Crippen LogP contribution is 2.31. The molecule has 2 N–H and O–H groups in total. The van der Waals surface area contributed by atoms with Crippen LogP contribution in [0.3, 0.4) is 0 Å². The highest BCUT2D eigenvalue weighted by Gasteiger charge is 2.30. The molecule has 0 radical (unpaired) electrons. The Labute approximate surface area is 115 Å². The van der Waals surface area contributed by atoms with Crippen molar-refractivity contribution in [2.75, 3.05) is 5.32 Å². The first-order chi connectivity index (χ1) is 9.65. The Morgan fingerprint density at radius 2 is 2.15 bits per heavy atom. The van der Waals surface area contributed by atoms with Gasteiger partial charge in [-0.15, -0.1) is 0 Å². The summed E-state index contributed by atoms with van der Waals surface area (Å²) in [5.74, 6) is -1.20. The van der Waals surface area contributed by atoms with Gasteiger partial charge in [-0.1, -0.05) is 30.3 Å². The molecule has 3 rings (SSSR count). The molecule has 2 aromatic rings. The fourth-order valence-electron chi connectivity index (χ4n) is 2.36. The molecule has 1 aromatic carbocycles. The first kappa shape index (κ1) is 12.4. The van der Waals surface area contributed by atoms with E-state index >= 15 is 0 Å². The van der Waals surface area contributed by atoms with E-state index in [1.165, 1.54) is 0 Å². The van der Waals surface area contributed by atoms with Gasteiger partial charge in [0.05, 0.1) is 25.1 Å². The first-order valence-electron chi connectivity index (χ1n) is 6.29. The first-order valence-corrected chi connectivity index (χ1v) is 6.29. The molecule has 1 aliphatic rings. The molecule has 1 amide bonds. The number of benzene rings is 1. The van der Waals surface area contributed by atoms with E-state index in [1.807, 2.05) is 30.3 Å². The SMILES string of the molecule is O=C(O)CC1Cn2ncc(-c3ccccc3)c2NC1=O. The summed E-state index contributed by atoms with van der Waals surface area (Å²) >= 11 is 0. The topological polar surface area (TPSA) is 84.2 Å². The number of anilines is 1. The molecule has 0 aliphatic carbocycles. The molecule has 1 aliphatic heterocycles. The standard InChI is InChI=1S/C14H13N3O3/c18-12(19)6-10-8-17-13(16-14(10)20)11(7-15-17)9-4-2-1-3-5-9/h1-5,7,10H,6,8H2,(H,16,20)(H,18,19). The molecular formula is C14H13N3O3. The van der Waals surface area contributed by atoms with Crippen LogP contribution in [-0.4, -0.2) is 26.8 Å². The summed E-state index contributed by atoms with van der Waals surface area (Å²) in [6, 6.07) is 9.62. The molecule has 0 bridgehead atoms. The average molecular weight is 271 g/mol. The number of rotatable bonds is 3. The van der Waals surface area contributed by atoms with Crippen molar-refractivity contribution >= 4 is 17.7 Å². The number of fused-ring (bicyclic) bond motifs is 1. The predicted octanol–water partition coefficient (Wildman–Crippen LogP) is 1.59. The van der Waals surface area contributed by atoms with Crippen LogP contribution in [0.15, 0.2) is 36.5 Å². The lowest BCUT2D eigenvalue weighted by atomic mass is 10.0. The molecule has 6 nitrogen and oxygen atoms in total. The van der Waals surface area contributed by atoms with Crippen LogP contribution in [0.25, 0.3) is 11.1 Å². The number of carboxylic acids is 1. The molecule has 0 fully saturated rings. The zero-order valence-corrected chi connectivity index (χ0v) is 10.6. The third-order valence-corrected chi connectivity index (χ3v) is 3.35. The van der Waals surface area contributed by atoms with E-state index in [2.05, 4.69) is 10.4 Å². The van der Waals surface area contributed by atoms with Crippen molar-refractivity contribution in [1.29, 1.82) is 0 Å². The minimum absolute atomic E-state index is 0.189.